The number of halogens is 1. The Morgan fingerprint density at radius 1 is 1.00 bits per heavy atom. The SMILES string of the molecule is Cc1ccc(Oc2ccc(C(=O)Nc3ncc(Cc4ccccc4Cl)s3)cc2)cc1. The summed E-state index contributed by atoms with van der Waals surface area (Å²) in [6, 6.07) is 22.5. The van der Waals surface area contributed by atoms with E-state index in [4.69, 9.17) is 16.3 Å². The van der Waals surface area contributed by atoms with Gasteiger partial charge in [0.2, 0.25) is 0 Å². The van der Waals surface area contributed by atoms with E-state index in [1.54, 1.807) is 30.5 Å². The van der Waals surface area contributed by atoms with Gasteiger partial charge in [-0.05, 0) is 55.0 Å². The Morgan fingerprint density at radius 3 is 2.37 bits per heavy atom. The molecule has 0 fully saturated rings. The largest absolute Gasteiger partial charge is 0.457 e. The second-order valence-electron chi connectivity index (χ2n) is 6.79. The molecule has 0 saturated carbocycles. The van der Waals surface area contributed by atoms with Crippen molar-refractivity contribution < 1.29 is 9.53 Å². The monoisotopic (exact) mass is 434 g/mol. The number of carbonyl (C=O) groups excluding carboxylic acids is 1. The molecule has 4 rings (SSSR count). The second-order valence-corrected chi connectivity index (χ2v) is 8.32. The molecular weight excluding hydrogens is 416 g/mol. The van der Waals surface area contributed by atoms with Gasteiger partial charge in [-0.25, -0.2) is 4.98 Å². The van der Waals surface area contributed by atoms with Crippen LogP contribution < -0.4 is 10.1 Å². The fourth-order valence-corrected chi connectivity index (χ4v) is 3.90. The number of thiazole rings is 1. The second kappa shape index (κ2) is 9.11. The third-order valence-electron chi connectivity index (χ3n) is 4.47. The molecule has 0 bridgehead atoms. The Morgan fingerprint density at radius 2 is 1.67 bits per heavy atom. The number of carbonyl (C=O) groups is 1. The van der Waals surface area contributed by atoms with E-state index in [-0.39, 0.29) is 5.91 Å². The standard InChI is InChI=1S/C24H19ClN2O2S/c1-16-6-10-19(11-7-16)29-20-12-8-17(9-13-20)23(28)27-24-26-15-21(30-24)14-18-4-2-3-5-22(18)25/h2-13,15H,14H2,1H3,(H,26,27,28). The molecule has 1 heterocycles. The summed E-state index contributed by atoms with van der Waals surface area (Å²) in [4.78, 5) is 17.9. The van der Waals surface area contributed by atoms with E-state index in [2.05, 4.69) is 10.3 Å². The molecule has 0 unspecified atom stereocenters. The molecule has 3 aromatic carbocycles. The first-order chi connectivity index (χ1) is 14.6. The highest BCUT2D eigenvalue weighted by atomic mass is 35.5. The molecule has 0 spiro atoms. The Hall–Kier alpha value is -3.15. The maximum absolute atomic E-state index is 12.5. The van der Waals surface area contributed by atoms with Crippen LogP contribution in [-0.2, 0) is 6.42 Å². The van der Waals surface area contributed by atoms with Crippen molar-refractivity contribution in [2.45, 2.75) is 13.3 Å². The van der Waals surface area contributed by atoms with Gasteiger partial charge in [0.15, 0.2) is 5.13 Å². The van der Waals surface area contributed by atoms with Gasteiger partial charge >= 0.3 is 0 Å². The van der Waals surface area contributed by atoms with Gasteiger partial charge in [0.25, 0.3) is 5.91 Å². The number of nitrogens with one attached hydrogen (secondary N) is 1. The van der Waals surface area contributed by atoms with Gasteiger partial charge in [-0.1, -0.05) is 47.5 Å². The van der Waals surface area contributed by atoms with E-state index in [0.717, 1.165) is 21.2 Å². The van der Waals surface area contributed by atoms with Crippen molar-refractivity contribution >= 4 is 34.0 Å². The summed E-state index contributed by atoms with van der Waals surface area (Å²) in [7, 11) is 0. The molecule has 0 aliphatic rings. The van der Waals surface area contributed by atoms with Gasteiger partial charge in [0, 0.05) is 28.1 Å². The van der Waals surface area contributed by atoms with Crippen LogP contribution in [0.25, 0.3) is 0 Å². The van der Waals surface area contributed by atoms with Crippen LogP contribution in [0.4, 0.5) is 5.13 Å². The van der Waals surface area contributed by atoms with Crippen LogP contribution in [0, 0.1) is 6.92 Å². The molecular formula is C24H19ClN2O2S. The van der Waals surface area contributed by atoms with Gasteiger partial charge in [-0.15, -0.1) is 11.3 Å². The first-order valence-corrected chi connectivity index (χ1v) is 10.6. The van der Waals surface area contributed by atoms with Crippen LogP contribution in [0.1, 0.15) is 26.4 Å². The third kappa shape index (κ3) is 5.06. The quantitative estimate of drug-likeness (QED) is 0.365. The van der Waals surface area contributed by atoms with Crippen molar-refractivity contribution in [1.29, 1.82) is 0 Å². The lowest BCUT2D eigenvalue weighted by Gasteiger charge is -2.07. The number of hydrogen-bond donors (Lipinski definition) is 1. The first-order valence-electron chi connectivity index (χ1n) is 9.41. The predicted molar refractivity (Wildman–Crippen MR) is 122 cm³/mol. The van der Waals surface area contributed by atoms with Gasteiger partial charge in [0.1, 0.15) is 11.5 Å². The highest BCUT2D eigenvalue weighted by Crippen LogP contribution is 2.26. The summed E-state index contributed by atoms with van der Waals surface area (Å²) in [6.07, 6.45) is 2.44. The predicted octanol–water partition coefficient (Wildman–Crippen LogP) is 6.74. The van der Waals surface area contributed by atoms with Crippen LogP contribution in [0.5, 0.6) is 11.5 Å². The number of ether oxygens (including phenoxy) is 1. The van der Waals surface area contributed by atoms with Crippen LogP contribution in [-0.4, -0.2) is 10.9 Å². The van der Waals surface area contributed by atoms with Crippen molar-refractivity contribution in [2.24, 2.45) is 0 Å². The van der Waals surface area contributed by atoms with Gasteiger partial charge in [-0.2, -0.15) is 0 Å². The molecule has 4 aromatic rings. The summed E-state index contributed by atoms with van der Waals surface area (Å²) in [5.74, 6) is 1.22. The summed E-state index contributed by atoms with van der Waals surface area (Å²) >= 11 is 7.66. The zero-order valence-corrected chi connectivity index (χ0v) is 17.8. The van der Waals surface area contributed by atoms with Crippen LogP contribution in [0.3, 0.4) is 0 Å². The molecule has 0 aliphatic carbocycles. The molecule has 1 aromatic heterocycles. The number of anilines is 1. The molecule has 1 N–H and O–H groups in total. The van der Waals surface area contributed by atoms with E-state index >= 15 is 0 Å². The Kier molecular flexibility index (Phi) is 6.12. The molecule has 0 radical (unpaired) electrons. The van der Waals surface area contributed by atoms with Crippen molar-refractivity contribution in [3.05, 3.63) is 106 Å². The molecule has 0 atom stereocenters. The van der Waals surface area contributed by atoms with Gasteiger partial charge < -0.3 is 4.74 Å². The van der Waals surface area contributed by atoms with E-state index in [1.807, 2.05) is 55.5 Å². The first kappa shape index (κ1) is 20.1. The van der Waals surface area contributed by atoms with E-state index in [1.165, 1.54) is 16.9 Å². The average molecular weight is 435 g/mol. The van der Waals surface area contributed by atoms with Crippen molar-refractivity contribution in [2.75, 3.05) is 5.32 Å². The lowest BCUT2D eigenvalue weighted by molar-refractivity contribution is 0.102. The number of nitrogens with zero attached hydrogens (tertiary/aromatic N) is 1. The van der Waals surface area contributed by atoms with E-state index < -0.39 is 0 Å². The molecule has 6 heteroatoms. The minimum absolute atomic E-state index is 0.212. The van der Waals surface area contributed by atoms with Crippen molar-refractivity contribution in [1.82, 2.24) is 4.98 Å². The topological polar surface area (TPSA) is 51.2 Å². The summed E-state index contributed by atoms with van der Waals surface area (Å²) < 4.78 is 5.80. The Bertz CT molecular complexity index is 1150. The number of rotatable bonds is 6. The highest BCUT2D eigenvalue weighted by Gasteiger charge is 2.11. The number of aryl methyl sites for hydroxylation is 1. The minimum Gasteiger partial charge on any atom is -0.457 e. The summed E-state index contributed by atoms with van der Waals surface area (Å²) in [6.45, 7) is 2.03. The normalized spacial score (nSPS) is 10.6. The number of benzene rings is 3. The zero-order valence-electron chi connectivity index (χ0n) is 16.3. The highest BCUT2D eigenvalue weighted by molar-refractivity contribution is 7.15. The fourth-order valence-electron chi connectivity index (χ4n) is 2.86. The van der Waals surface area contributed by atoms with Crippen LogP contribution in [0.15, 0.2) is 79.0 Å². The summed E-state index contributed by atoms with van der Waals surface area (Å²) in [5, 5.41) is 4.13. The summed E-state index contributed by atoms with van der Waals surface area (Å²) in [5.41, 5.74) is 2.74. The maximum atomic E-state index is 12.5. The number of aromatic nitrogens is 1. The Balaban J connectivity index is 1.37. The van der Waals surface area contributed by atoms with E-state index in [9.17, 15) is 4.79 Å². The van der Waals surface area contributed by atoms with Crippen LogP contribution in [0.2, 0.25) is 5.02 Å². The lowest BCUT2D eigenvalue weighted by Crippen LogP contribution is -2.11. The lowest BCUT2D eigenvalue weighted by atomic mass is 10.1. The fraction of sp³-hybridized carbons (Fsp3) is 0.0833. The smallest absolute Gasteiger partial charge is 0.257 e. The van der Waals surface area contributed by atoms with Gasteiger partial charge in [-0.3, -0.25) is 10.1 Å². The maximum Gasteiger partial charge on any atom is 0.257 e. The molecule has 1 amide bonds. The molecule has 4 nitrogen and oxygen atoms in total. The number of amides is 1. The third-order valence-corrected chi connectivity index (χ3v) is 5.75. The molecule has 0 saturated heterocycles. The molecule has 30 heavy (non-hydrogen) atoms. The number of hydrogen-bond acceptors (Lipinski definition) is 4. The van der Waals surface area contributed by atoms with Gasteiger partial charge in [0.05, 0.1) is 0 Å². The van der Waals surface area contributed by atoms with Crippen molar-refractivity contribution in [3.63, 3.8) is 0 Å². The van der Waals surface area contributed by atoms with Crippen molar-refractivity contribution in [3.8, 4) is 11.5 Å². The van der Waals surface area contributed by atoms with E-state index in [0.29, 0.717) is 22.9 Å². The Labute approximate surface area is 184 Å². The molecule has 150 valence electrons. The van der Waals surface area contributed by atoms with Crippen LogP contribution >= 0.6 is 22.9 Å². The molecule has 0 aliphatic heterocycles. The zero-order chi connectivity index (χ0) is 20.9. The minimum atomic E-state index is -0.212. The average Bonchev–Trinajstić information content (AvgIpc) is 3.19.